The molecule has 1 saturated heterocycles. The molecule has 1 fully saturated rings. The van der Waals surface area contributed by atoms with Crippen molar-refractivity contribution in [3.63, 3.8) is 0 Å². The Morgan fingerprint density at radius 3 is 2.26 bits per heavy atom. The Morgan fingerprint density at radius 2 is 1.74 bits per heavy atom. The number of hydrogen-bond donors (Lipinski definition) is 1. The van der Waals surface area contributed by atoms with Gasteiger partial charge in [0.1, 0.15) is 5.75 Å². The Bertz CT molecular complexity index is 414. The summed E-state index contributed by atoms with van der Waals surface area (Å²) in [6, 6.07) is 7.77. The molecule has 0 radical (unpaired) electrons. The first-order valence-corrected chi connectivity index (χ1v) is 6.21. The van der Waals surface area contributed by atoms with Gasteiger partial charge < -0.3 is 14.5 Å². The van der Waals surface area contributed by atoms with Gasteiger partial charge in [-0.1, -0.05) is 0 Å². The summed E-state index contributed by atoms with van der Waals surface area (Å²) in [6.07, 6.45) is 0. The van der Waals surface area contributed by atoms with Crippen LogP contribution in [-0.4, -0.2) is 51.3 Å². The van der Waals surface area contributed by atoms with Crippen molar-refractivity contribution in [2.45, 2.75) is 0 Å². The third-order valence-electron chi connectivity index (χ3n) is 3.19. The molecule has 1 aromatic rings. The number of carbonyl (C=O) groups excluding carboxylic acids is 1. The number of piperazine rings is 1. The van der Waals surface area contributed by atoms with Crippen LogP contribution in [-0.2, 0) is 4.84 Å². The van der Waals surface area contributed by atoms with Gasteiger partial charge >= 0.3 is 6.03 Å². The molecule has 1 aliphatic rings. The monoisotopic (exact) mass is 265 g/mol. The van der Waals surface area contributed by atoms with Gasteiger partial charge in [0, 0.05) is 31.9 Å². The molecule has 0 atom stereocenters. The molecule has 2 rings (SSSR count). The van der Waals surface area contributed by atoms with Gasteiger partial charge in [-0.3, -0.25) is 4.84 Å². The molecule has 0 spiro atoms. The molecule has 0 bridgehead atoms. The van der Waals surface area contributed by atoms with Crippen LogP contribution in [0, 0.1) is 0 Å². The van der Waals surface area contributed by atoms with E-state index in [0.717, 1.165) is 24.5 Å². The number of anilines is 1. The number of methoxy groups -OCH3 is 1. The van der Waals surface area contributed by atoms with Crippen LogP contribution in [0.5, 0.6) is 5.75 Å². The fourth-order valence-corrected chi connectivity index (χ4v) is 2.11. The number of hydrogen-bond acceptors (Lipinski definition) is 4. The highest BCUT2D eigenvalue weighted by Gasteiger charge is 2.21. The number of benzene rings is 1. The molecule has 6 heteroatoms. The highest BCUT2D eigenvalue weighted by atomic mass is 16.6. The van der Waals surface area contributed by atoms with Gasteiger partial charge in [-0.25, -0.2) is 10.3 Å². The minimum Gasteiger partial charge on any atom is -0.497 e. The van der Waals surface area contributed by atoms with Crippen LogP contribution in [0.25, 0.3) is 0 Å². The molecule has 0 aromatic heterocycles. The largest absolute Gasteiger partial charge is 0.497 e. The van der Waals surface area contributed by atoms with Crippen molar-refractivity contribution in [3.05, 3.63) is 24.3 Å². The molecule has 19 heavy (non-hydrogen) atoms. The summed E-state index contributed by atoms with van der Waals surface area (Å²) in [5, 5.41) is 0. The fraction of sp³-hybridized carbons (Fsp3) is 0.462. The van der Waals surface area contributed by atoms with Gasteiger partial charge in [0.2, 0.25) is 0 Å². The molecule has 104 valence electrons. The van der Waals surface area contributed by atoms with Crippen LogP contribution >= 0.6 is 0 Å². The van der Waals surface area contributed by atoms with Gasteiger partial charge in [-0.15, -0.1) is 0 Å². The van der Waals surface area contributed by atoms with Crippen LogP contribution in [0.15, 0.2) is 24.3 Å². The van der Waals surface area contributed by atoms with Gasteiger partial charge in [-0.2, -0.15) is 0 Å². The van der Waals surface area contributed by atoms with Crippen LogP contribution in [0.1, 0.15) is 0 Å². The van der Waals surface area contributed by atoms with Crippen LogP contribution in [0.3, 0.4) is 0 Å². The van der Waals surface area contributed by atoms with Crippen LogP contribution < -0.4 is 15.1 Å². The van der Waals surface area contributed by atoms with Gasteiger partial charge in [0.05, 0.1) is 14.2 Å². The second-order valence-corrected chi connectivity index (χ2v) is 4.28. The van der Waals surface area contributed by atoms with Crippen molar-refractivity contribution in [3.8, 4) is 5.75 Å². The summed E-state index contributed by atoms with van der Waals surface area (Å²) in [4.78, 5) is 20.2. The minimum absolute atomic E-state index is 0.183. The van der Waals surface area contributed by atoms with Crippen molar-refractivity contribution in [1.82, 2.24) is 10.4 Å². The zero-order chi connectivity index (χ0) is 13.7. The van der Waals surface area contributed by atoms with Crippen molar-refractivity contribution in [2.24, 2.45) is 0 Å². The molecule has 1 aromatic carbocycles. The second-order valence-electron chi connectivity index (χ2n) is 4.28. The first-order chi connectivity index (χ1) is 9.24. The summed E-state index contributed by atoms with van der Waals surface area (Å²) in [7, 11) is 3.09. The maximum atomic E-state index is 11.6. The molecule has 0 saturated carbocycles. The number of nitrogens with one attached hydrogen (secondary N) is 1. The molecular formula is C13H19N3O3. The van der Waals surface area contributed by atoms with E-state index < -0.39 is 0 Å². The summed E-state index contributed by atoms with van der Waals surface area (Å²) in [6.45, 7) is 2.98. The van der Waals surface area contributed by atoms with E-state index in [1.165, 1.54) is 7.11 Å². The Kier molecular flexibility index (Phi) is 4.46. The molecule has 0 unspecified atom stereocenters. The summed E-state index contributed by atoms with van der Waals surface area (Å²) in [5.74, 6) is 0.849. The average Bonchev–Trinajstić information content (AvgIpc) is 2.48. The lowest BCUT2D eigenvalue weighted by molar-refractivity contribution is 0.0857. The Balaban J connectivity index is 1.90. The summed E-state index contributed by atoms with van der Waals surface area (Å²) >= 11 is 0. The molecular weight excluding hydrogens is 246 g/mol. The van der Waals surface area contributed by atoms with Crippen LogP contribution in [0.2, 0.25) is 0 Å². The molecule has 0 aliphatic carbocycles. The number of ether oxygens (including phenoxy) is 1. The summed E-state index contributed by atoms with van der Waals surface area (Å²) in [5.41, 5.74) is 3.48. The number of nitrogens with zero attached hydrogens (tertiary/aromatic N) is 2. The smallest absolute Gasteiger partial charge is 0.341 e. The van der Waals surface area contributed by atoms with E-state index in [2.05, 4.69) is 15.2 Å². The van der Waals surface area contributed by atoms with E-state index in [1.807, 2.05) is 24.3 Å². The Labute approximate surface area is 112 Å². The third kappa shape index (κ3) is 3.29. The molecule has 6 nitrogen and oxygen atoms in total. The van der Waals surface area contributed by atoms with Gasteiger partial charge in [0.25, 0.3) is 0 Å². The topological polar surface area (TPSA) is 54.0 Å². The lowest BCUT2D eigenvalue weighted by atomic mass is 10.2. The lowest BCUT2D eigenvalue weighted by Crippen LogP contribution is -2.51. The number of rotatable bonds is 3. The van der Waals surface area contributed by atoms with Crippen LogP contribution in [0.4, 0.5) is 10.5 Å². The Hall–Kier alpha value is -1.95. The van der Waals surface area contributed by atoms with Crippen molar-refractivity contribution in [2.75, 3.05) is 45.3 Å². The normalized spacial score (nSPS) is 15.3. The number of urea groups is 1. The van der Waals surface area contributed by atoms with Crippen molar-refractivity contribution in [1.29, 1.82) is 0 Å². The van der Waals surface area contributed by atoms with E-state index in [4.69, 9.17) is 4.74 Å². The van der Waals surface area contributed by atoms with Gasteiger partial charge in [0.15, 0.2) is 0 Å². The first-order valence-electron chi connectivity index (χ1n) is 6.21. The highest BCUT2D eigenvalue weighted by Crippen LogP contribution is 2.20. The first kappa shape index (κ1) is 13.5. The SMILES string of the molecule is CONC(=O)N1CCN(c2ccc(OC)cc2)CC1. The summed E-state index contributed by atoms with van der Waals surface area (Å²) < 4.78 is 5.14. The Morgan fingerprint density at radius 1 is 1.11 bits per heavy atom. The van der Waals surface area contributed by atoms with E-state index in [9.17, 15) is 4.79 Å². The molecule has 2 amide bonds. The number of carbonyl (C=O) groups is 1. The quantitative estimate of drug-likeness (QED) is 0.831. The highest BCUT2D eigenvalue weighted by molar-refractivity contribution is 5.73. The average molecular weight is 265 g/mol. The predicted octanol–water partition coefficient (Wildman–Crippen LogP) is 1.09. The van der Waals surface area contributed by atoms with E-state index in [-0.39, 0.29) is 6.03 Å². The maximum Gasteiger partial charge on any atom is 0.341 e. The second kappa shape index (κ2) is 6.29. The third-order valence-corrected chi connectivity index (χ3v) is 3.19. The number of hydroxylamine groups is 1. The molecule has 1 aliphatic heterocycles. The molecule has 1 heterocycles. The zero-order valence-electron chi connectivity index (χ0n) is 11.3. The number of amides is 2. The van der Waals surface area contributed by atoms with Gasteiger partial charge in [-0.05, 0) is 24.3 Å². The molecule has 1 N–H and O–H groups in total. The predicted molar refractivity (Wildman–Crippen MR) is 72.3 cm³/mol. The maximum absolute atomic E-state index is 11.6. The lowest BCUT2D eigenvalue weighted by Gasteiger charge is -2.35. The van der Waals surface area contributed by atoms with Crippen molar-refractivity contribution < 1.29 is 14.4 Å². The minimum atomic E-state index is -0.183. The fourth-order valence-electron chi connectivity index (χ4n) is 2.11. The van der Waals surface area contributed by atoms with E-state index in [1.54, 1.807) is 12.0 Å². The van der Waals surface area contributed by atoms with E-state index in [0.29, 0.717) is 13.1 Å². The zero-order valence-corrected chi connectivity index (χ0v) is 11.3. The van der Waals surface area contributed by atoms with E-state index >= 15 is 0 Å². The van der Waals surface area contributed by atoms with Crippen molar-refractivity contribution >= 4 is 11.7 Å². The standard InChI is InChI=1S/C13H19N3O3/c1-18-12-5-3-11(4-6-12)15-7-9-16(10-8-15)13(17)14-19-2/h3-6H,7-10H2,1-2H3,(H,14,17).